The molecule has 0 aromatic heterocycles. The standard InChI is InChI=1S/C23H30N4O4/c28-21(14-23-11-15-7-16(12-23)9-17(8-15)13-23)24-25-22(29)19-10-18(27(30)31)3-4-20(19)26-5-1-2-6-26/h3-4,10,15-17H,1-2,5-9,11-14H2,(H,24,28)(H,25,29). The van der Waals surface area contributed by atoms with E-state index in [-0.39, 0.29) is 22.6 Å². The Morgan fingerprint density at radius 2 is 1.65 bits per heavy atom. The molecule has 5 aliphatic rings. The van der Waals surface area contributed by atoms with E-state index in [1.54, 1.807) is 6.07 Å². The van der Waals surface area contributed by atoms with Crippen molar-refractivity contribution in [3.05, 3.63) is 33.9 Å². The largest absolute Gasteiger partial charge is 0.371 e. The van der Waals surface area contributed by atoms with E-state index in [1.165, 1.54) is 31.4 Å². The smallest absolute Gasteiger partial charge is 0.272 e. The predicted octanol–water partition coefficient (Wildman–Crippen LogP) is 3.56. The van der Waals surface area contributed by atoms with Crippen LogP contribution in [-0.4, -0.2) is 29.8 Å². The second-order valence-electron chi connectivity index (χ2n) is 10.2. The molecule has 1 aromatic rings. The Bertz CT molecular complexity index is 874. The van der Waals surface area contributed by atoms with E-state index in [0.29, 0.717) is 12.1 Å². The van der Waals surface area contributed by atoms with Gasteiger partial charge in [0, 0.05) is 31.6 Å². The van der Waals surface area contributed by atoms with E-state index in [1.807, 2.05) is 0 Å². The molecular formula is C23H30N4O4. The molecule has 0 spiro atoms. The quantitative estimate of drug-likeness (QED) is 0.553. The molecule has 2 N–H and O–H groups in total. The number of carbonyl (C=O) groups is 2. The summed E-state index contributed by atoms with van der Waals surface area (Å²) in [7, 11) is 0. The van der Waals surface area contributed by atoms with Crippen molar-refractivity contribution in [1.82, 2.24) is 10.9 Å². The molecule has 6 rings (SSSR count). The van der Waals surface area contributed by atoms with Crippen LogP contribution in [0.15, 0.2) is 18.2 Å². The molecular weight excluding hydrogens is 396 g/mol. The van der Waals surface area contributed by atoms with Gasteiger partial charge in [0.1, 0.15) is 0 Å². The normalized spacial score (nSPS) is 31.0. The Morgan fingerprint density at radius 3 is 2.23 bits per heavy atom. The van der Waals surface area contributed by atoms with Crippen molar-refractivity contribution in [2.45, 2.75) is 57.8 Å². The minimum Gasteiger partial charge on any atom is -0.371 e. The second-order valence-corrected chi connectivity index (χ2v) is 10.2. The minimum atomic E-state index is -0.510. The summed E-state index contributed by atoms with van der Waals surface area (Å²) < 4.78 is 0. The summed E-state index contributed by atoms with van der Waals surface area (Å²) in [6, 6.07) is 4.36. The number of hydrogen-bond acceptors (Lipinski definition) is 5. The van der Waals surface area contributed by atoms with Crippen molar-refractivity contribution in [3.8, 4) is 0 Å². The van der Waals surface area contributed by atoms with Gasteiger partial charge in [0.2, 0.25) is 5.91 Å². The van der Waals surface area contributed by atoms with Gasteiger partial charge in [-0.15, -0.1) is 0 Å². The second kappa shape index (κ2) is 7.80. The first kappa shape index (κ1) is 20.3. The molecule has 8 heteroatoms. The maximum absolute atomic E-state index is 12.9. The van der Waals surface area contributed by atoms with E-state index in [9.17, 15) is 19.7 Å². The summed E-state index contributed by atoms with van der Waals surface area (Å²) in [6.07, 6.45) is 9.86. The Kier molecular flexibility index (Phi) is 5.10. The molecule has 31 heavy (non-hydrogen) atoms. The average Bonchev–Trinajstić information content (AvgIpc) is 3.25. The predicted molar refractivity (Wildman–Crippen MR) is 115 cm³/mol. The molecule has 4 bridgehead atoms. The van der Waals surface area contributed by atoms with Crippen molar-refractivity contribution in [1.29, 1.82) is 0 Å². The van der Waals surface area contributed by atoms with Gasteiger partial charge in [0.05, 0.1) is 16.2 Å². The summed E-state index contributed by atoms with van der Waals surface area (Å²) in [4.78, 5) is 38.4. The highest BCUT2D eigenvalue weighted by Crippen LogP contribution is 2.61. The summed E-state index contributed by atoms with van der Waals surface area (Å²) in [5, 5.41) is 11.2. The number of carbonyl (C=O) groups excluding carboxylic acids is 2. The van der Waals surface area contributed by atoms with Gasteiger partial charge in [-0.3, -0.25) is 30.6 Å². The number of nitrogens with one attached hydrogen (secondary N) is 2. The van der Waals surface area contributed by atoms with Crippen LogP contribution in [0.2, 0.25) is 0 Å². The van der Waals surface area contributed by atoms with Crippen LogP contribution in [0.4, 0.5) is 11.4 Å². The number of hydrogen-bond donors (Lipinski definition) is 2. The number of non-ortho nitro benzene ring substituents is 1. The lowest BCUT2D eigenvalue weighted by molar-refractivity contribution is -0.384. The SMILES string of the molecule is O=C(CC12CC3CC(CC(C3)C1)C2)NNC(=O)c1cc([N+](=O)[O-])ccc1N1CCCC1. The van der Waals surface area contributed by atoms with Gasteiger partial charge >= 0.3 is 0 Å². The minimum absolute atomic E-state index is 0.0931. The van der Waals surface area contributed by atoms with Crippen LogP contribution in [0.25, 0.3) is 0 Å². The number of benzene rings is 1. The van der Waals surface area contributed by atoms with Crippen LogP contribution >= 0.6 is 0 Å². The molecule has 0 unspecified atom stereocenters. The fourth-order valence-corrected chi connectivity index (χ4v) is 7.14. The third-order valence-electron chi connectivity index (χ3n) is 7.90. The van der Waals surface area contributed by atoms with Crippen LogP contribution in [0.5, 0.6) is 0 Å². The lowest BCUT2D eigenvalue weighted by atomic mass is 9.49. The Labute approximate surface area is 181 Å². The zero-order valence-electron chi connectivity index (χ0n) is 17.8. The van der Waals surface area contributed by atoms with Gasteiger partial charge in [0.25, 0.3) is 11.6 Å². The van der Waals surface area contributed by atoms with Gasteiger partial charge in [-0.2, -0.15) is 0 Å². The van der Waals surface area contributed by atoms with Gasteiger partial charge in [-0.1, -0.05) is 0 Å². The van der Waals surface area contributed by atoms with Gasteiger partial charge < -0.3 is 4.90 Å². The summed E-state index contributed by atoms with van der Waals surface area (Å²) in [5.41, 5.74) is 5.99. The molecule has 8 nitrogen and oxygen atoms in total. The number of amides is 2. The summed E-state index contributed by atoms with van der Waals surface area (Å²) in [6.45, 7) is 1.63. The van der Waals surface area contributed by atoms with Gasteiger partial charge in [-0.05, 0) is 80.6 Å². The third-order valence-corrected chi connectivity index (χ3v) is 7.90. The van der Waals surface area contributed by atoms with E-state index >= 15 is 0 Å². The lowest BCUT2D eigenvalue weighted by Gasteiger charge is -2.56. The highest BCUT2D eigenvalue weighted by atomic mass is 16.6. The number of nitro benzene ring substituents is 1. The average molecular weight is 427 g/mol. The zero-order chi connectivity index (χ0) is 21.6. The first-order valence-corrected chi connectivity index (χ1v) is 11.5. The van der Waals surface area contributed by atoms with Crippen molar-refractivity contribution in [2.24, 2.45) is 23.2 Å². The van der Waals surface area contributed by atoms with Crippen LogP contribution in [0.3, 0.4) is 0 Å². The monoisotopic (exact) mass is 426 g/mol. The van der Waals surface area contributed by atoms with Crippen molar-refractivity contribution in [2.75, 3.05) is 18.0 Å². The maximum Gasteiger partial charge on any atom is 0.272 e. The molecule has 2 amide bonds. The highest BCUT2D eigenvalue weighted by Gasteiger charge is 2.51. The Morgan fingerprint density at radius 1 is 1.03 bits per heavy atom. The summed E-state index contributed by atoms with van der Waals surface area (Å²) >= 11 is 0. The first-order chi connectivity index (χ1) is 14.9. The number of hydrazine groups is 1. The molecule has 166 valence electrons. The molecule has 4 saturated carbocycles. The fourth-order valence-electron chi connectivity index (χ4n) is 7.14. The lowest BCUT2D eigenvalue weighted by Crippen LogP contribution is -2.50. The maximum atomic E-state index is 12.9. The van der Waals surface area contributed by atoms with Crippen molar-refractivity contribution < 1.29 is 14.5 Å². The molecule has 0 radical (unpaired) electrons. The van der Waals surface area contributed by atoms with E-state index in [2.05, 4.69) is 15.8 Å². The van der Waals surface area contributed by atoms with Crippen LogP contribution in [0, 0.1) is 33.3 Å². The molecule has 0 atom stereocenters. The van der Waals surface area contributed by atoms with Crippen LogP contribution < -0.4 is 15.8 Å². The van der Waals surface area contributed by atoms with Crippen molar-refractivity contribution >= 4 is 23.2 Å². The van der Waals surface area contributed by atoms with E-state index in [0.717, 1.165) is 62.9 Å². The number of nitro groups is 1. The molecule has 4 aliphatic carbocycles. The van der Waals surface area contributed by atoms with Crippen molar-refractivity contribution in [3.63, 3.8) is 0 Å². The number of rotatable bonds is 5. The highest BCUT2D eigenvalue weighted by molar-refractivity contribution is 6.01. The Balaban J connectivity index is 1.25. The molecule has 5 fully saturated rings. The third kappa shape index (κ3) is 4.00. The molecule has 1 aromatic carbocycles. The number of anilines is 1. The molecule has 1 aliphatic heterocycles. The summed E-state index contributed by atoms with van der Waals surface area (Å²) in [5.74, 6) is 1.62. The van der Waals surface area contributed by atoms with Crippen LogP contribution in [-0.2, 0) is 4.79 Å². The Hall–Kier alpha value is -2.64. The zero-order valence-corrected chi connectivity index (χ0v) is 17.8. The van der Waals surface area contributed by atoms with Gasteiger partial charge in [-0.25, -0.2) is 0 Å². The first-order valence-electron chi connectivity index (χ1n) is 11.5. The molecule has 1 saturated heterocycles. The topological polar surface area (TPSA) is 105 Å². The number of nitrogens with zero attached hydrogens (tertiary/aromatic N) is 2. The fraction of sp³-hybridized carbons (Fsp3) is 0.652. The van der Waals surface area contributed by atoms with Gasteiger partial charge in [0.15, 0.2) is 0 Å². The molecule has 1 heterocycles. The van der Waals surface area contributed by atoms with Crippen LogP contribution in [0.1, 0.15) is 68.1 Å². The van der Waals surface area contributed by atoms with E-state index in [4.69, 9.17) is 0 Å². The van der Waals surface area contributed by atoms with E-state index < -0.39 is 10.8 Å².